The van der Waals surface area contributed by atoms with Crippen LogP contribution in [0.1, 0.15) is 31.2 Å². The van der Waals surface area contributed by atoms with Gasteiger partial charge < -0.3 is 9.80 Å². The second-order valence-corrected chi connectivity index (χ2v) is 7.86. The summed E-state index contributed by atoms with van der Waals surface area (Å²) in [5.41, 5.74) is 5.28. The number of hydrogen-bond acceptors (Lipinski definition) is 6. The smallest absolute Gasteiger partial charge is 0.219 e. The Kier molecular flexibility index (Phi) is 5.16. The van der Waals surface area contributed by atoms with Crippen molar-refractivity contribution in [3.8, 4) is 0 Å². The third-order valence-corrected chi connectivity index (χ3v) is 5.97. The van der Waals surface area contributed by atoms with Crippen molar-refractivity contribution in [2.45, 2.75) is 19.8 Å². The summed E-state index contributed by atoms with van der Waals surface area (Å²) in [6.07, 6.45) is 13.1. The van der Waals surface area contributed by atoms with Crippen molar-refractivity contribution in [2.24, 2.45) is 0 Å². The number of rotatable bonds is 3. The van der Waals surface area contributed by atoms with Crippen LogP contribution < -0.4 is 4.90 Å². The van der Waals surface area contributed by atoms with Gasteiger partial charge in [-0.1, -0.05) is 18.2 Å². The number of hydrogen-bond donors (Lipinski definition) is 0. The first kappa shape index (κ1) is 19.4. The maximum absolute atomic E-state index is 11.6. The van der Waals surface area contributed by atoms with Crippen LogP contribution in [0.25, 0.3) is 22.0 Å². The predicted molar refractivity (Wildman–Crippen MR) is 121 cm³/mol. The summed E-state index contributed by atoms with van der Waals surface area (Å²) in [5.74, 6) is 1.03. The molecule has 0 saturated carbocycles. The summed E-state index contributed by atoms with van der Waals surface area (Å²) in [4.78, 5) is 34.0. The van der Waals surface area contributed by atoms with Gasteiger partial charge in [-0.05, 0) is 36.1 Å². The summed E-state index contributed by atoms with van der Waals surface area (Å²) in [7, 11) is 0. The highest BCUT2D eigenvalue weighted by Crippen LogP contribution is 2.31. The number of fused-ring (bicyclic) bond motifs is 1. The van der Waals surface area contributed by atoms with Gasteiger partial charge in [-0.2, -0.15) is 0 Å². The third kappa shape index (κ3) is 3.91. The minimum Gasteiger partial charge on any atom is -0.351 e. The standard InChI is InChI=1S/C24H24N6O/c1-17(31)29-12-7-20(8-13-29)23-24(27-11-10-26-23)30-14-5-19(6-15-30)21-3-2-18-4-9-25-16-22(18)28-21/h2-5,7,9-11,16H,6,8,12-15H2,1H3. The van der Waals surface area contributed by atoms with Crippen molar-refractivity contribution in [1.29, 1.82) is 0 Å². The van der Waals surface area contributed by atoms with Crippen LogP contribution >= 0.6 is 0 Å². The zero-order valence-electron chi connectivity index (χ0n) is 17.5. The SMILES string of the molecule is CC(=O)N1CC=C(c2nccnc2N2CC=C(c3ccc4ccncc4n3)CC2)CC1. The summed E-state index contributed by atoms with van der Waals surface area (Å²) in [6.45, 7) is 4.60. The minimum atomic E-state index is 0.112. The van der Waals surface area contributed by atoms with Gasteiger partial charge in [0.15, 0.2) is 5.82 Å². The first-order chi connectivity index (χ1) is 15.2. The number of anilines is 1. The second-order valence-electron chi connectivity index (χ2n) is 7.86. The van der Waals surface area contributed by atoms with Crippen molar-refractivity contribution < 1.29 is 4.79 Å². The van der Waals surface area contributed by atoms with Gasteiger partial charge in [0.2, 0.25) is 5.91 Å². The van der Waals surface area contributed by atoms with Gasteiger partial charge in [-0.15, -0.1) is 0 Å². The zero-order valence-corrected chi connectivity index (χ0v) is 17.5. The summed E-state index contributed by atoms with van der Waals surface area (Å²) in [5, 5.41) is 1.10. The van der Waals surface area contributed by atoms with Crippen molar-refractivity contribution in [3.05, 3.63) is 66.5 Å². The molecule has 1 amide bonds. The van der Waals surface area contributed by atoms with Crippen LogP contribution in [-0.4, -0.2) is 56.9 Å². The highest BCUT2D eigenvalue weighted by Gasteiger charge is 2.22. The molecule has 0 saturated heterocycles. The van der Waals surface area contributed by atoms with Crippen molar-refractivity contribution in [2.75, 3.05) is 31.1 Å². The Morgan fingerprint density at radius 3 is 2.55 bits per heavy atom. The molecule has 0 unspecified atom stereocenters. The average Bonchev–Trinajstić information content (AvgIpc) is 2.84. The monoisotopic (exact) mass is 412 g/mol. The Balaban J connectivity index is 1.37. The molecule has 0 aromatic carbocycles. The maximum Gasteiger partial charge on any atom is 0.219 e. The topological polar surface area (TPSA) is 75.1 Å². The van der Waals surface area contributed by atoms with E-state index in [1.807, 2.05) is 17.2 Å². The van der Waals surface area contributed by atoms with Crippen LogP contribution in [0.15, 0.2) is 55.1 Å². The Labute approximate surface area is 181 Å². The molecule has 0 fully saturated rings. The second kappa shape index (κ2) is 8.26. The molecule has 0 N–H and O–H groups in total. The van der Waals surface area contributed by atoms with Crippen molar-refractivity contribution >= 4 is 33.8 Å². The molecule has 2 aliphatic rings. The highest BCUT2D eigenvalue weighted by atomic mass is 16.2. The number of aromatic nitrogens is 4. The van der Waals surface area contributed by atoms with E-state index in [4.69, 9.17) is 4.98 Å². The van der Waals surface area contributed by atoms with Crippen molar-refractivity contribution in [1.82, 2.24) is 24.8 Å². The lowest BCUT2D eigenvalue weighted by molar-refractivity contribution is -0.128. The van der Waals surface area contributed by atoms with Gasteiger partial charge in [0.25, 0.3) is 0 Å². The molecule has 3 aromatic rings. The molecule has 7 heteroatoms. The Hall–Kier alpha value is -3.61. The third-order valence-electron chi connectivity index (χ3n) is 5.97. The quantitative estimate of drug-likeness (QED) is 0.657. The van der Waals surface area contributed by atoms with E-state index < -0.39 is 0 Å². The molecular formula is C24H24N6O. The Bertz CT molecular complexity index is 1200. The van der Waals surface area contributed by atoms with Crippen LogP contribution in [0, 0.1) is 0 Å². The fourth-order valence-electron chi connectivity index (χ4n) is 4.20. The van der Waals surface area contributed by atoms with Gasteiger partial charge in [-0.3, -0.25) is 14.8 Å². The van der Waals surface area contributed by atoms with Gasteiger partial charge >= 0.3 is 0 Å². The van der Waals surface area contributed by atoms with Gasteiger partial charge in [-0.25, -0.2) is 9.97 Å². The fourth-order valence-corrected chi connectivity index (χ4v) is 4.20. The molecule has 31 heavy (non-hydrogen) atoms. The van der Waals surface area contributed by atoms with E-state index in [1.54, 1.807) is 25.5 Å². The Morgan fingerprint density at radius 1 is 0.935 bits per heavy atom. The van der Waals surface area contributed by atoms with Gasteiger partial charge in [0, 0.05) is 57.1 Å². The van der Waals surface area contributed by atoms with E-state index in [0.29, 0.717) is 6.54 Å². The van der Waals surface area contributed by atoms with E-state index in [-0.39, 0.29) is 5.91 Å². The number of amides is 1. The van der Waals surface area contributed by atoms with E-state index in [0.717, 1.165) is 60.6 Å². The van der Waals surface area contributed by atoms with E-state index >= 15 is 0 Å². The number of pyridine rings is 2. The van der Waals surface area contributed by atoms with Crippen molar-refractivity contribution in [3.63, 3.8) is 0 Å². The molecular weight excluding hydrogens is 388 g/mol. The van der Waals surface area contributed by atoms with Gasteiger partial charge in [0.1, 0.15) is 5.69 Å². The minimum absolute atomic E-state index is 0.112. The lowest BCUT2D eigenvalue weighted by atomic mass is 10.0. The molecule has 7 nitrogen and oxygen atoms in total. The predicted octanol–water partition coefficient (Wildman–Crippen LogP) is 3.35. The summed E-state index contributed by atoms with van der Waals surface area (Å²) in [6, 6.07) is 6.17. The molecule has 0 bridgehead atoms. The lowest BCUT2D eigenvalue weighted by Crippen LogP contribution is -2.33. The van der Waals surface area contributed by atoms with E-state index in [9.17, 15) is 4.79 Å². The van der Waals surface area contributed by atoms with E-state index in [1.165, 1.54) is 11.1 Å². The first-order valence-electron chi connectivity index (χ1n) is 10.6. The Morgan fingerprint density at radius 2 is 1.77 bits per heavy atom. The van der Waals surface area contributed by atoms with E-state index in [2.05, 4.69) is 44.1 Å². The van der Waals surface area contributed by atoms with Crippen LogP contribution in [0.2, 0.25) is 0 Å². The maximum atomic E-state index is 11.6. The van der Waals surface area contributed by atoms with Crippen LogP contribution in [0.4, 0.5) is 5.82 Å². The largest absolute Gasteiger partial charge is 0.351 e. The molecule has 2 aliphatic heterocycles. The zero-order chi connectivity index (χ0) is 21.2. The molecule has 3 aromatic heterocycles. The highest BCUT2D eigenvalue weighted by molar-refractivity contribution is 5.81. The average molecular weight is 412 g/mol. The van der Waals surface area contributed by atoms with Crippen LogP contribution in [0.5, 0.6) is 0 Å². The fraction of sp³-hybridized carbons (Fsp3) is 0.292. The number of carbonyl (C=O) groups excluding carboxylic acids is 1. The molecule has 156 valence electrons. The molecule has 0 spiro atoms. The number of nitrogens with zero attached hydrogens (tertiary/aromatic N) is 6. The molecule has 5 rings (SSSR count). The van der Waals surface area contributed by atoms with Gasteiger partial charge in [0.05, 0.1) is 17.4 Å². The summed E-state index contributed by atoms with van der Waals surface area (Å²) < 4.78 is 0. The first-order valence-corrected chi connectivity index (χ1v) is 10.6. The molecule has 5 heterocycles. The van der Waals surface area contributed by atoms with Crippen LogP contribution in [-0.2, 0) is 4.79 Å². The molecule has 0 atom stereocenters. The lowest BCUT2D eigenvalue weighted by Gasteiger charge is -2.30. The summed E-state index contributed by atoms with van der Waals surface area (Å²) >= 11 is 0. The van der Waals surface area contributed by atoms with Crippen LogP contribution in [0.3, 0.4) is 0 Å². The normalized spacial score (nSPS) is 16.8. The molecule has 0 aliphatic carbocycles. The molecule has 0 radical (unpaired) electrons. The number of carbonyl (C=O) groups is 1.